The third kappa shape index (κ3) is 4.93. The van der Waals surface area contributed by atoms with Crippen molar-refractivity contribution in [3.05, 3.63) is 59.7 Å². The van der Waals surface area contributed by atoms with E-state index in [0.717, 1.165) is 0 Å². The molecule has 1 fully saturated rings. The van der Waals surface area contributed by atoms with Crippen LogP contribution in [0.4, 0.5) is 13.2 Å². The van der Waals surface area contributed by atoms with Crippen molar-refractivity contribution in [3.8, 4) is 0 Å². The van der Waals surface area contributed by atoms with Crippen LogP contribution in [0.3, 0.4) is 0 Å². The summed E-state index contributed by atoms with van der Waals surface area (Å²) in [6.45, 7) is 1.07. The second kappa shape index (κ2) is 9.36. The largest absolute Gasteiger partial charge is 0.573 e. The molecule has 1 aliphatic heterocycles. The van der Waals surface area contributed by atoms with Crippen molar-refractivity contribution in [1.29, 1.82) is 0 Å². The van der Waals surface area contributed by atoms with Gasteiger partial charge in [0.25, 0.3) is 0 Å². The molecule has 8 nitrogen and oxygen atoms in total. The Kier molecular flexibility index (Phi) is 6.52. The molecule has 1 aliphatic carbocycles. The highest BCUT2D eigenvalue weighted by Crippen LogP contribution is 2.36. The van der Waals surface area contributed by atoms with E-state index in [4.69, 9.17) is 9.84 Å². The lowest BCUT2D eigenvalue weighted by Gasteiger charge is -2.38. The van der Waals surface area contributed by atoms with Gasteiger partial charge in [0.05, 0.1) is 24.9 Å². The minimum atomic E-state index is -4.75. The summed E-state index contributed by atoms with van der Waals surface area (Å²) in [4.78, 5) is 18.4. The van der Waals surface area contributed by atoms with Gasteiger partial charge < -0.3 is 19.5 Å². The molecule has 4 rings (SSSR count). The van der Waals surface area contributed by atoms with Crippen LogP contribution in [0.25, 0.3) is 11.0 Å². The average molecular weight is 464 g/mol. The van der Waals surface area contributed by atoms with Crippen LogP contribution in [0.2, 0.25) is 0 Å². The molecule has 1 N–H and O–H groups in total. The van der Waals surface area contributed by atoms with Crippen molar-refractivity contribution in [2.24, 2.45) is 0 Å². The first-order chi connectivity index (χ1) is 15.8. The van der Waals surface area contributed by atoms with E-state index in [1.165, 1.54) is 18.2 Å². The third-order valence-corrected chi connectivity index (χ3v) is 5.57. The zero-order chi connectivity index (χ0) is 23.6. The normalized spacial score (nSPS) is 19.2. The number of hydrogen-bond acceptors (Lipinski definition) is 6. The molecule has 0 bridgehead atoms. The second-order valence-electron chi connectivity index (χ2n) is 7.77. The molecule has 2 aromatic heterocycles. The Morgan fingerprint density at radius 3 is 2.79 bits per heavy atom. The SMILES string of the molecule is COC/C=C/C(=O)N1CC(c2nn(C3C=CC(OC(F)(F)F)=CC3)c3nccc(CO)c23)C1. The van der Waals surface area contributed by atoms with E-state index < -0.39 is 6.36 Å². The Hall–Kier alpha value is -3.18. The van der Waals surface area contributed by atoms with Gasteiger partial charge in [0.2, 0.25) is 5.91 Å². The monoisotopic (exact) mass is 464 g/mol. The Morgan fingerprint density at radius 2 is 2.15 bits per heavy atom. The van der Waals surface area contributed by atoms with Gasteiger partial charge in [0.1, 0.15) is 5.76 Å². The predicted molar refractivity (Wildman–Crippen MR) is 112 cm³/mol. The molecule has 1 saturated heterocycles. The number of ether oxygens (including phenoxy) is 2. The number of pyridine rings is 1. The van der Waals surface area contributed by atoms with E-state index in [1.54, 1.807) is 41.1 Å². The van der Waals surface area contributed by atoms with Crippen molar-refractivity contribution >= 4 is 16.9 Å². The van der Waals surface area contributed by atoms with Gasteiger partial charge in [0.15, 0.2) is 5.65 Å². The van der Waals surface area contributed by atoms with Gasteiger partial charge in [-0.2, -0.15) is 5.10 Å². The maximum Gasteiger partial charge on any atom is 0.573 e. The number of likely N-dealkylation sites (tertiary alicyclic amines) is 1. The van der Waals surface area contributed by atoms with Crippen molar-refractivity contribution in [2.75, 3.05) is 26.8 Å². The van der Waals surface area contributed by atoms with Crippen LogP contribution in [-0.4, -0.2) is 63.8 Å². The number of carbonyl (C=O) groups is 1. The first-order valence-electron chi connectivity index (χ1n) is 10.4. The zero-order valence-electron chi connectivity index (χ0n) is 17.8. The Labute approximate surface area is 187 Å². The number of halogens is 3. The van der Waals surface area contributed by atoms with Crippen molar-refractivity contribution < 1.29 is 32.5 Å². The summed E-state index contributed by atoms with van der Waals surface area (Å²) in [6, 6.07) is 1.34. The van der Waals surface area contributed by atoms with Gasteiger partial charge in [-0.3, -0.25) is 4.79 Å². The molecule has 33 heavy (non-hydrogen) atoms. The van der Waals surface area contributed by atoms with Crippen LogP contribution in [0.5, 0.6) is 0 Å². The Balaban J connectivity index is 1.57. The number of aromatic nitrogens is 3. The van der Waals surface area contributed by atoms with Gasteiger partial charge in [-0.15, -0.1) is 13.2 Å². The van der Waals surface area contributed by atoms with E-state index >= 15 is 0 Å². The topological polar surface area (TPSA) is 89.7 Å². The van der Waals surface area contributed by atoms with Gasteiger partial charge in [-0.25, -0.2) is 9.67 Å². The molecule has 0 spiro atoms. The Morgan fingerprint density at radius 1 is 1.36 bits per heavy atom. The smallest absolute Gasteiger partial charge is 0.406 e. The van der Waals surface area contributed by atoms with Gasteiger partial charge >= 0.3 is 6.36 Å². The number of fused-ring (bicyclic) bond motifs is 1. The zero-order valence-corrected chi connectivity index (χ0v) is 17.8. The molecule has 2 aromatic rings. The molecular weight excluding hydrogens is 441 g/mol. The molecule has 0 radical (unpaired) electrons. The van der Waals surface area contributed by atoms with Crippen LogP contribution in [0.15, 0.2) is 48.4 Å². The van der Waals surface area contributed by atoms with Gasteiger partial charge in [-0.05, 0) is 30.2 Å². The number of allylic oxidation sites excluding steroid dienone is 3. The lowest BCUT2D eigenvalue weighted by molar-refractivity contribution is -0.303. The summed E-state index contributed by atoms with van der Waals surface area (Å²) in [7, 11) is 1.55. The number of rotatable bonds is 7. The number of hydrogen-bond donors (Lipinski definition) is 1. The summed E-state index contributed by atoms with van der Waals surface area (Å²) in [5.41, 5.74) is 1.90. The van der Waals surface area contributed by atoms with E-state index in [0.29, 0.717) is 42.0 Å². The van der Waals surface area contributed by atoms with Gasteiger partial charge in [-0.1, -0.05) is 12.2 Å². The van der Waals surface area contributed by atoms with Crippen molar-refractivity contribution in [1.82, 2.24) is 19.7 Å². The predicted octanol–water partition coefficient (Wildman–Crippen LogP) is 2.97. The fourth-order valence-corrected chi connectivity index (χ4v) is 3.97. The quantitative estimate of drug-likeness (QED) is 0.634. The highest BCUT2D eigenvalue weighted by molar-refractivity contribution is 5.89. The summed E-state index contributed by atoms with van der Waals surface area (Å²) in [5.74, 6) is -0.436. The number of amides is 1. The lowest BCUT2D eigenvalue weighted by Crippen LogP contribution is -2.48. The highest BCUT2D eigenvalue weighted by atomic mass is 19.4. The van der Waals surface area contributed by atoms with Crippen LogP contribution >= 0.6 is 0 Å². The first-order valence-corrected chi connectivity index (χ1v) is 10.4. The number of carbonyl (C=O) groups excluding carboxylic acids is 1. The van der Waals surface area contributed by atoms with Crippen molar-refractivity contribution in [3.63, 3.8) is 0 Å². The standard InChI is InChI=1S/C22H23F3N4O4/c1-32-10-2-3-18(31)28-11-15(12-28)20-19-14(13-30)8-9-26-21(19)29(27-20)16-4-6-17(7-5-16)33-22(23,24)25/h2-4,6-9,15-16,30H,5,10-13H2,1H3/b3-2+. The number of aliphatic hydroxyl groups is 1. The van der Waals surface area contributed by atoms with Crippen molar-refractivity contribution in [2.45, 2.75) is 31.3 Å². The molecule has 1 unspecified atom stereocenters. The van der Waals surface area contributed by atoms with Crippen LogP contribution in [0.1, 0.15) is 29.6 Å². The summed E-state index contributed by atoms with van der Waals surface area (Å²) in [6.07, 6.45) is 4.37. The van der Waals surface area contributed by atoms with E-state index in [1.807, 2.05) is 0 Å². The molecular formula is C22H23F3N4O4. The minimum Gasteiger partial charge on any atom is -0.406 e. The average Bonchev–Trinajstić information content (AvgIpc) is 3.12. The molecule has 3 heterocycles. The van der Waals surface area contributed by atoms with Crippen LogP contribution in [0, 0.1) is 0 Å². The summed E-state index contributed by atoms with van der Waals surface area (Å²) >= 11 is 0. The number of alkyl halides is 3. The minimum absolute atomic E-state index is 0.0461. The van der Waals surface area contributed by atoms with E-state index in [2.05, 4.69) is 9.72 Å². The summed E-state index contributed by atoms with van der Waals surface area (Å²) in [5, 5.41) is 15.3. The Bertz CT molecular complexity index is 1120. The summed E-state index contributed by atoms with van der Waals surface area (Å²) < 4.78 is 48.0. The molecule has 176 valence electrons. The van der Waals surface area contributed by atoms with Crippen LogP contribution < -0.4 is 0 Å². The molecule has 1 amide bonds. The number of nitrogens with zero attached hydrogens (tertiary/aromatic N) is 4. The van der Waals surface area contributed by atoms with Gasteiger partial charge in [0, 0.05) is 43.8 Å². The van der Waals surface area contributed by atoms with E-state index in [9.17, 15) is 23.1 Å². The third-order valence-electron chi connectivity index (χ3n) is 5.57. The molecule has 11 heteroatoms. The molecule has 0 saturated carbocycles. The fraction of sp³-hybridized carbons (Fsp3) is 0.409. The number of aliphatic hydroxyl groups excluding tert-OH is 1. The first kappa shape index (κ1) is 23.0. The molecule has 2 aliphatic rings. The number of methoxy groups -OCH3 is 1. The van der Waals surface area contributed by atoms with Crippen LogP contribution in [-0.2, 0) is 20.9 Å². The highest BCUT2D eigenvalue weighted by Gasteiger charge is 2.36. The fourth-order valence-electron chi connectivity index (χ4n) is 3.97. The lowest BCUT2D eigenvalue weighted by atomic mass is 9.93. The second-order valence-corrected chi connectivity index (χ2v) is 7.77. The molecule has 0 aromatic carbocycles. The maximum absolute atomic E-state index is 12.5. The van der Waals surface area contributed by atoms with E-state index in [-0.39, 0.29) is 36.7 Å². The maximum atomic E-state index is 12.5. The molecule has 1 atom stereocenters.